The molecule has 0 aromatic heterocycles. The summed E-state index contributed by atoms with van der Waals surface area (Å²) in [4.78, 5) is 12.4. The highest BCUT2D eigenvalue weighted by atomic mass is 32.2. The fourth-order valence-electron chi connectivity index (χ4n) is 2.67. The Morgan fingerprint density at radius 2 is 1.54 bits per heavy atom. The Morgan fingerprint density at radius 1 is 0.962 bits per heavy atom. The molecule has 5 nitrogen and oxygen atoms in total. The Hall–Kier alpha value is -2.34. The van der Waals surface area contributed by atoms with Crippen LogP contribution in [0.25, 0.3) is 0 Å². The SMILES string of the molecule is CC(C)c1ccc(N(CC(=O)N[C@H](C)c2ccccc2)S(C)(=O)=O)cc1. The first-order valence-corrected chi connectivity index (χ1v) is 10.5. The molecule has 2 rings (SSSR count). The third-order valence-corrected chi connectivity index (χ3v) is 5.35. The molecule has 0 fully saturated rings. The molecular formula is C20H26N2O3S. The van der Waals surface area contributed by atoms with Crippen LogP contribution in [0.2, 0.25) is 0 Å². The molecule has 1 N–H and O–H groups in total. The lowest BCUT2D eigenvalue weighted by atomic mass is 10.0. The van der Waals surface area contributed by atoms with Crippen LogP contribution in [0.15, 0.2) is 54.6 Å². The van der Waals surface area contributed by atoms with E-state index >= 15 is 0 Å². The van der Waals surface area contributed by atoms with Crippen molar-refractivity contribution in [1.82, 2.24) is 5.32 Å². The number of anilines is 1. The fourth-order valence-corrected chi connectivity index (χ4v) is 3.52. The number of nitrogens with zero attached hydrogens (tertiary/aromatic N) is 1. The van der Waals surface area contributed by atoms with Gasteiger partial charge in [-0.05, 0) is 36.1 Å². The number of carbonyl (C=O) groups is 1. The molecule has 0 saturated carbocycles. The van der Waals surface area contributed by atoms with Crippen molar-refractivity contribution in [2.24, 2.45) is 0 Å². The van der Waals surface area contributed by atoms with Crippen LogP contribution in [0, 0.1) is 0 Å². The number of hydrogen-bond acceptors (Lipinski definition) is 3. The minimum atomic E-state index is -3.57. The summed E-state index contributed by atoms with van der Waals surface area (Å²) in [6.45, 7) is 5.76. The number of sulfonamides is 1. The molecule has 2 aromatic carbocycles. The van der Waals surface area contributed by atoms with Crippen LogP contribution in [0.3, 0.4) is 0 Å². The van der Waals surface area contributed by atoms with Crippen molar-refractivity contribution in [3.63, 3.8) is 0 Å². The van der Waals surface area contributed by atoms with Gasteiger partial charge in [-0.1, -0.05) is 56.3 Å². The lowest BCUT2D eigenvalue weighted by Gasteiger charge is -2.23. The van der Waals surface area contributed by atoms with Gasteiger partial charge in [-0.2, -0.15) is 0 Å². The van der Waals surface area contributed by atoms with Crippen LogP contribution in [-0.2, 0) is 14.8 Å². The molecule has 2 aromatic rings. The van der Waals surface area contributed by atoms with Gasteiger partial charge in [-0.15, -0.1) is 0 Å². The lowest BCUT2D eigenvalue weighted by molar-refractivity contribution is -0.120. The van der Waals surface area contributed by atoms with Gasteiger partial charge in [0.1, 0.15) is 6.54 Å². The fraction of sp³-hybridized carbons (Fsp3) is 0.350. The van der Waals surface area contributed by atoms with Crippen molar-refractivity contribution >= 4 is 21.6 Å². The second-order valence-corrected chi connectivity index (χ2v) is 8.62. The molecule has 0 aliphatic rings. The van der Waals surface area contributed by atoms with Crippen LogP contribution < -0.4 is 9.62 Å². The van der Waals surface area contributed by atoms with Crippen molar-refractivity contribution in [1.29, 1.82) is 0 Å². The molecule has 0 unspecified atom stereocenters. The van der Waals surface area contributed by atoms with Crippen molar-refractivity contribution < 1.29 is 13.2 Å². The molecule has 0 spiro atoms. The van der Waals surface area contributed by atoms with E-state index in [9.17, 15) is 13.2 Å². The van der Waals surface area contributed by atoms with Crippen LogP contribution in [0.4, 0.5) is 5.69 Å². The van der Waals surface area contributed by atoms with Gasteiger partial charge in [0.05, 0.1) is 18.0 Å². The molecule has 26 heavy (non-hydrogen) atoms. The van der Waals surface area contributed by atoms with Gasteiger partial charge < -0.3 is 5.32 Å². The van der Waals surface area contributed by atoms with Crippen molar-refractivity contribution in [2.75, 3.05) is 17.1 Å². The topological polar surface area (TPSA) is 66.5 Å². The molecule has 0 radical (unpaired) electrons. The van der Waals surface area contributed by atoms with Gasteiger partial charge in [0.2, 0.25) is 15.9 Å². The summed E-state index contributed by atoms with van der Waals surface area (Å²) >= 11 is 0. The highest BCUT2D eigenvalue weighted by molar-refractivity contribution is 7.92. The zero-order valence-corrected chi connectivity index (χ0v) is 16.5. The van der Waals surface area contributed by atoms with E-state index < -0.39 is 10.0 Å². The standard InChI is InChI=1S/C20H26N2O3S/c1-15(2)17-10-12-19(13-11-17)22(26(4,24)25)14-20(23)21-16(3)18-8-6-5-7-9-18/h5-13,15-16H,14H2,1-4H3,(H,21,23)/t16-/m1/s1. The zero-order chi connectivity index (χ0) is 19.3. The van der Waals surface area contributed by atoms with Crippen molar-refractivity contribution in [2.45, 2.75) is 32.7 Å². The van der Waals surface area contributed by atoms with E-state index in [1.807, 2.05) is 49.4 Å². The maximum absolute atomic E-state index is 12.4. The van der Waals surface area contributed by atoms with Gasteiger partial charge in [-0.25, -0.2) is 8.42 Å². The van der Waals surface area contributed by atoms with E-state index in [0.717, 1.165) is 21.7 Å². The van der Waals surface area contributed by atoms with Gasteiger partial charge >= 0.3 is 0 Å². The van der Waals surface area contributed by atoms with Gasteiger partial charge in [0.15, 0.2) is 0 Å². The molecule has 1 amide bonds. The lowest BCUT2D eigenvalue weighted by Crippen LogP contribution is -2.41. The van der Waals surface area contributed by atoms with Crippen molar-refractivity contribution in [3.05, 3.63) is 65.7 Å². The Balaban J connectivity index is 2.14. The van der Waals surface area contributed by atoms with E-state index in [4.69, 9.17) is 0 Å². The van der Waals surface area contributed by atoms with Gasteiger partial charge in [0.25, 0.3) is 0 Å². The average molecular weight is 375 g/mol. The number of hydrogen-bond donors (Lipinski definition) is 1. The van der Waals surface area contributed by atoms with E-state index in [1.54, 1.807) is 12.1 Å². The predicted molar refractivity (Wildman–Crippen MR) is 106 cm³/mol. The smallest absolute Gasteiger partial charge is 0.241 e. The van der Waals surface area contributed by atoms with E-state index in [0.29, 0.717) is 11.6 Å². The summed E-state index contributed by atoms with van der Waals surface area (Å²) in [6.07, 6.45) is 1.11. The maximum Gasteiger partial charge on any atom is 0.241 e. The Bertz CT molecular complexity index is 831. The van der Waals surface area contributed by atoms with Crippen LogP contribution in [0.1, 0.15) is 43.9 Å². The number of benzene rings is 2. The van der Waals surface area contributed by atoms with Crippen LogP contribution in [-0.4, -0.2) is 27.1 Å². The number of nitrogens with one attached hydrogen (secondary N) is 1. The Labute approximate surface area is 156 Å². The summed E-state index contributed by atoms with van der Waals surface area (Å²) in [5.41, 5.74) is 2.57. The molecule has 0 aliphatic carbocycles. The summed E-state index contributed by atoms with van der Waals surface area (Å²) in [6, 6.07) is 16.6. The average Bonchev–Trinajstić information content (AvgIpc) is 2.59. The summed E-state index contributed by atoms with van der Waals surface area (Å²) < 4.78 is 25.5. The predicted octanol–water partition coefficient (Wildman–Crippen LogP) is 3.45. The first kappa shape index (κ1) is 20.0. The quantitative estimate of drug-likeness (QED) is 0.807. The normalized spacial score (nSPS) is 12.7. The summed E-state index contributed by atoms with van der Waals surface area (Å²) in [5, 5.41) is 2.85. The molecule has 0 saturated heterocycles. The van der Waals surface area contributed by atoms with Crippen molar-refractivity contribution in [3.8, 4) is 0 Å². The molecule has 140 valence electrons. The first-order valence-electron chi connectivity index (χ1n) is 8.60. The monoisotopic (exact) mass is 374 g/mol. The third kappa shape index (κ3) is 5.33. The molecule has 0 heterocycles. The summed E-state index contributed by atoms with van der Waals surface area (Å²) in [7, 11) is -3.57. The largest absolute Gasteiger partial charge is 0.348 e. The van der Waals surface area contributed by atoms with Gasteiger partial charge in [-0.3, -0.25) is 9.10 Å². The molecule has 1 atom stereocenters. The Kier molecular flexibility index (Phi) is 6.42. The van der Waals surface area contributed by atoms with E-state index in [1.165, 1.54) is 0 Å². The highest BCUT2D eigenvalue weighted by Crippen LogP contribution is 2.22. The summed E-state index contributed by atoms with van der Waals surface area (Å²) in [5.74, 6) is 0.00506. The highest BCUT2D eigenvalue weighted by Gasteiger charge is 2.22. The number of amides is 1. The van der Waals surface area contributed by atoms with Crippen LogP contribution in [0.5, 0.6) is 0 Å². The maximum atomic E-state index is 12.4. The molecule has 0 aliphatic heterocycles. The van der Waals surface area contributed by atoms with Crippen LogP contribution >= 0.6 is 0 Å². The van der Waals surface area contributed by atoms with Gasteiger partial charge in [0, 0.05) is 0 Å². The number of rotatable bonds is 7. The minimum Gasteiger partial charge on any atom is -0.348 e. The molecule has 6 heteroatoms. The molecular weight excluding hydrogens is 348 g/mol. The van der Waals surface area contributed by atoms with E-state index in [2.05, 4.69) is 19.2 Å². The zero-order valence-electron chi connectivity index (χ0n) is 15.6. The Morgan fingerprint density at radius 3 is 2.04 bits per heavy atom. The second kappa shape index (κ2) is 8.36. The third-order valence-electron chi connectivity index (χ3n) is 4.21. The molecule has 0 bridgehead atoms. The minimum absolute atomic E-state index is 0.201. The second-order valence-electron chi connectivity index (χ2n) is 6.72. The number of carbonyl (C=O) groups excluding carboxylic acids is 1. The first-order chi connectivity index (χ1) is 12.2. The van der Waals surface area contributed by atoms with E-state index in [-0.39, 0.29) is 18.5 Å².